The number of benzene rings is 1. The van der Waals surface area contributed by atoms with Gasteiger partial charge in [-0.1, -0.05) is 34.7 Å². The van der Waals surface area contributed by atoms with Crippen molar-refractivity contribution in [3.63, 3.8) is 0 Å². The molecule has 1 aromatic heterocycles. The van der Waals surface area contributed by atoms with Crippen molar-refractivity contribution in [3.8, 4) is 5.88 Å². The summed E-state index contributed by atoms with van der Waals surface area (Å²) in [6.45, 7) is 0. The van der Waals surface area contributed by atoms with Crippen LogP contribution in [0.1, 0.15) is 5.56 Å². The molecule has 0 aliphatic carbocycles. The fourth-order valence-electron chi connectivity index (χ4n) is 1.35. The second kappa shape index (κ2) is 5.31. The lowest BCUT2D eigenvalue weighted by atomic mass is 10.2. The molecule has 0 radical (unpaired) electrons. The molecule has 0 bridgehead atoms. The number of nitrogens with zero attached hydrogens (tertiary/aromatic N) is 2. The van der Waals surface area contributed by atoms with Crippen molar-refractivity contribution in [2.45, 2.75) is 9.94 Å². The molecule has 0 saturated heterocycles. The number of hydrogen-bond acceptors (Lipinski definition) is 5. The van der Waals surface area contributed by atoms with Gasteiger partial charge in [0.2, 0.25) is 0 Å². The zero-order valence-electron chi connectivity index (χ0n) is 9.56. The van der Waals surface area contributed by atoms with Crippen LogP contribution in [0.25, 0.3) is 10.9 Å². The van der Waals surface area contributed by atoms with Crippen molar-refractivity contribution in [1.82, 2.24) is 10.2 Å². The SMILES string of the molecule is O=S(=O)(Oc1cc2ccc(CI)cc2nn1)C(F)(F)F. The molecule has 0 N–H and O–H groups in total. The van der Waals surface area contributed by atoms with E-state index < -0.39 is 21.5 Å². The Bertz CT molecular complexity index is 749. The normalized spacial score (nSPS) is 12.6. The number of aromatic nitrogens is 2. The van der Waals surface area contributed by atoms with Gasteiger partial charge in [0.25, 0.3) is 5.88 Å². The van der Waals surface area contributed by atoms with E-state index in [0.29, 0.717) is 10.9 Å². The molecule has 0 fully saturated rings. The van der Waals surface area contributed by atoms with Crippen LogP contribution in [0.3, 0.4) is 0 Å². The summed E-state index contributed by atoms with van der Waals surface area (Å²) >= 11 is 2.14. The van der Waals surface area contributed by atoms with Gasteiger partial charge in [0.05, 0.1) is 5.52 Å². The lowest BCUT2D eigenvalue weighted by Crippen LogP contribution is -2.28. The fraction of sp³-hybridized carbons (Fsp3) is 0.200. The van der Waals surface area contributed by atoms with Gasteiger partial charge in [-0.3, -0.25) is 0 Å². The molecule has 108 valence electrons. The summed E-state index contributed by atoms with van der Waals surface area (Å²) in [5, 5.41) is 7.40. The van der Waals surface area contributed by atoms with Crippen LogP contribution in [0.15, 0.2) is 24.3 Å². The van der Waals surface area contributed by atoms with E-state index in [1.807, 2.05) is 0 Å². The van der Waals surface area contributed by atoms with Gasteiger partial charge < -0.3 is 4.18 Å². The molecule has 0 unspecified atom stereocenters. The number of fused-ring (bicyclic) bond motifs is 1. The Hall–Kier alpha value is -1.17. The fourth-order valence-corrected chi connectivity index (χ4v) is 2.22. The van der Waals surface area contributed by atoms with Gasteiger partial charge >= 0.3 is 15.6 Å². The van der Waals surface area contributed by atoms with Gasteiger partial charge in [-0.2, -0.15) is 21.6 Å². The van der Waals surface area contributed by atoms with Gasteiger partial charge in [0, 0.05) is 15.9 Å². The summed E-state index contributed by atoms with van der Waals surface area (Å²) in [7, 11) is -5.74. The van der Waals surface area contributed by atoms with Crippen LogP contribution < -0.4 is 4.18 Å². The van der Waals surface area contributed by atoms with Crippen LogP contribution >= 0.6 is 22.6 Å². The van der Waals surface area contributed by atoms with Crippen molar-refractivity contribution in [2.75, 3.05) is 0 Å². The Morgan fingerprint density at radius 2 is 1.90 bits per heavy atom. The first-order valence-corrected chi connectivity index (χ1v) is 7.99. The van der Waals surface area contributed by atoms with Crippen LogP contribution in [0, 0.1) is 0 Å². The highest BCUT2D eigenvalue weighted by Crippen LogP contribution is 2.27. The Kier molecular flexibility index (Phi) is 4.04. The summed E-state index contributed by atoms with van der Waals surface area (Å²) in [6, 6.07) is 6.14. The minimum atomic E-state index is -5.74. The predicted molar refractivity (Wildman–Crippen MR) is 72.9 cm³/mol. The Morgan fingerprint density at radius 3 is 2.50 bits per heavy atom. The maximum Gasteiger partial charge on any atom is 0.534 e. The third kappa shape index (κ3) is 3.11. The lowest BCUT2D eigenvalue weighted by Gasteiger charge is -2.08. The van der Waals surface area contributed by atoms with Gasteiger partial charge in [-0.15, -0.1) is 10.2 Å². The van der Waals surface area contributed by atoms with Crippen molar-refractivity contribution in [1.29, 1.82) is 0 Å². The molecule has 1 aromatic carbocycles. The molecular weight excluding hydrogens is 412 g/mol. The van der Waals surface area contributed by atoms with E-state index in [-0.39, 0.29) is 0 Å². The van der Waals surface area contributed by atoms with E-state index >= 15 is 0 Å². The quantitative estimate of drug-likeness (QED) is 0.332. The van der Waals surface area contributed by atoms with Crippen LogP contribution in [0.2, 0.25) is 0 Å². The van der Waals surface area contributed by atoms with E-state index in [1.165, 1.54) is 0 Å². The first kappa shape index (κ1) is 15.2. The van der Waals surface area contributed by atoms with Crippen molar-refractivity contribution in [2.24, 2.45) is 0 Å². The van der Waals surface area contributed by atoms with Crippen molar-refractivity contribution in [3.05, 3.63) is 29.8 Å². The largest absolute Gasteiger partial charge is 0.534 e. The third-order valence-corrected chi connectivity index (χ3v) is 4.10. The molecule has 0 amide bonds. The van der Waals surface area contributed by atoms with Gasteiger partial charge in [0.1, 0.15) is 0 Å². The van der Waals surface area contributed by atoms with Crippen LogP contribution in [-0.4, -0.2) is 24.1 Å². The monoisotopic (exact) mass is 418 g/mol. The molecule has 1 heterocycles. The Balaban J connectivity index is 2.38. The first-order valence-electron chi connectivity index (χ1n) is 5.06. The highest BCUT2D eigenvalue weighted by atomic mass is 127. The maximum absolute atomic E-state index is 12.2. The summed E-state index contributed by atoms with van der Waals surface area (Å²) in [6.07, 6.45) is 0. The molecule has 20 heavy (non-hydrogen) atoms. The van der Waals surface area contributed by atoms with Gasteiger partial charge in [-0.05, 0) is 11.6 Å². The van der Waals surface area contributed by atoms with E-state index in [2.05, 4.69) is 37.0 Å². The van der Waals surface area contributed by atoms with E-state index in [9.17, 15) is 21.6 Å². The maximum atomic E-state index is 12.2. The Labute approximate surface area is 125 Å². The number of rotatable bonds is 3. The molecule has 10 heteroatoms. The molecule has 0 aliphatic heterocycles. The van der Waals surface area contributed by atoms with Crippen molar-refractivity contribution >= 4 is 43.6 Å². The van der Waals surface area contributed by atoms with Gasteiger partial charge in [-0.25, -0.2) is 0 Å². The van der Waals surface area contributed by atoms with Gasteiger partial charge in [0.15, 0.2) is 0 Å². The third-order valence-electron chi connectivity index (χ3n) is 2.26. The average molecular weight is 418 g/mol. The summed E-state index contributed by atoms with van der Waals surface area (Å²) in [5.74, 6) is -0.725. The first-order chi connectivity index (χ1) is 9.23. The van der Waals surface area contributed by atoms with E-state index in [0.717, 1.165) is 16.1 Å². The van der Waals surface area contributed by atoms with Crippen LogP contribution in [-0.2, 0) is 14.5 Å². The second-order valence-electron chi connectivity index (χ2n) is 3.69. The number of hydrogen-bond donors (Lipinski definition) is 0. The molecule has 5 nitrogen and oxygen atoms in total. The standard InChI is InChI=1S/C10H6F3IN2O3S/c11-10(12,13)20(17,18)19-9-4-7-2-1-6(5-14)3-8(7)15-16-9/h1-4H,5H2. The molecule has 0 atom stereocenters. The second-order valence-corrected chi connectivity index (χ2v) is 5.99. The topological polar surface area (TPSA) is 69.2 Å². The zero-order chi connectivity index (χ0) is 15.0. The molecule has 0 aliphatic rings. The number of halogens is 4. The highest BCUT2D eigenvalue weighted by Gasteiger charge is 2.48. The molecule has 2 aromatic rings. The minimum absolute atomic E-state index is 0.431. The minimum Gasteiger partial charge on any atom is -0.354 e. The molecular formula is C10H6F3IN2O3S. The predicted octanol–water partition coefficient (Wildman–Crippen LogP) is 2.79. The summed E-state index contributed by atoms with van der Waals surface area (Å²) in [5.41, 5.74) is -4.10. The highest BCUT2D eigenvalue weighted by molar-refractivity contribution is 14.1. The summed E-state index contributed by atoms with van der Waals surface area (Å²) < 4.78 is 62.8. The van der Waals surface area contributed by atoms with Crippen LogP contribution in [0.4, 0.5) is 13.2 Å². The molecule has 2 rings (SSSR count). The van der Waals surface area contributed by atoms with E-state index in [4.69, 9.17) is 0 Å². The smallest absolute Gasteiger partial charge is 0.354 e. The zero-order valence-corrected chi connectivity index (χ0v) is 12.5. The average Bonchev–Trinajstić information content (AvgIpc) is 2.36. The van der Waals surface area contributed by atoms with Crippen molar-refractivity contribution < 1.29 is 25.8 Å². The van der Waals surface area contributed by atoms with E-state index in [1.54, 1.807) is 18.2 Å². The number of alkyl halides is 4. The molecule has 0 saturated carbocycles. The Morgan fingerprint density at radius 1 is 1.20 bits per heavy atom. The molecule has 0 spiro atoms. The van der Waals surface area contributed by atoms with Crippen LogP contribution in [0.5, 0.6) is 5.88 Å². The summed E-state index contributed by atoms with van der Waals surface area (Å²) in [4.78, 5) is 0. The lowest BCUT2D eigenvalue weighted by molar-refractivity contribution is -0.0501.